The molecule has 2 N–H and O–H groups in total. The third-order valence-corrected chi connectivity index (χ3v) is 4.45. The first kappa shape index (κ1) is 15.1. The highest BCUT2D eigenvalue weighted by Gasteiger charge is 2.31. The molecule has 18 heavy (non-hydrogen) atoms. The van der Waals surface area contributed by atoms with Crippen LogP contribution in [0.5, 0.6) is 0 Å². The van der Waals surface area contributed by atoms with Gasteiger partial charge in [0.15, 0.2) is 0 Å². The maximum atomic E-state index is 12.1. The van der Waals surface area contributed by atoms with E-state index in [1.165, 1.54) is 24.3 Å². The van der Waals surface area contributed by atoms with Crippen LogP contribution in [-0.2, 0) is 10.0 Å². The Kier molecular flexibility index (Phi) is 4.17. The number of sulfonamides is 1. The van der Waals surface area contributed by atoms with E-state index >= 15 is 0 Å². The summed E-state index contributed by atoms with van der Waals surface area (Å²) in [5, 5.41) is -0.639. The van der Waals surface area contributed by atoms with E-state index in [1.807, 2.05) is 0 Å². The maximum absolute atomic E-state index is 12.1. The Labute approximate surface area is 112 Å². The van der Waals surface area contributed by atoms with Crippen LogP contribution in [0.25, 0.3) is 0 Å². The number of nitrogens with two attached hydrogens (primary N) is 1. The highest BCUT2D eigenvalue weighted by Crippen LogP contribution is 2.21. The lowest BCUT2D eigenvalue weighted by Crippen LogP contribution is -2.50. The van der Waals surface area contributed by atoms with Gasteiger partial charge in [0.2, 0.25) is 0 Å². The number of halogens is 1. The van der Waals surface area contributed by atoms with Crippen molar-refractivity contribution in [3.8, 4) is 0 Å². The second kappa shape index (κ2) is 4.97. The molecule has 0 spiro atoms. The number of carbonyl (C=O) groups excluding carboxylic acids is 1. The first-order valence-electron chi connectivity index (χ1n) is 5.17. The molecule has 0 atom stereocenters. The molecule has 0 heterocycles. The van der Waals surface area contributed by atoms with Crippen LogP contribution < -0.4 is 5.84 Å². The third-order valence-electron chi connectivity index (χ3n) is 2.30. The van der Waals surface area contributed by atoms with Gasteiger partial charge >= 0.3 is 0 Å². The van der Waals surface area contributed by atoms with E-state index in [9.17, 15) is 13.2 Å². The predicted octanol–water partition coefficient (Wildman–Crippen LogP) is 1.73. The van der Waals surface area contributed by atoms with E-state index in [0.717, 1.165) is 4.41 Å². The van der Waals surface area contributed by atoms with Gasteiger partial charge in [-0.25, -0.2) is 8.42 Å². The van der Waals surface area contributed by atoms with Crippen molar-refractivity contribution in [3.63, 3.8) is 0 Å². The van der Waals surface area contributed by atoms with Crippen LogP contribution in [0, 0.1) is 0 Å². The molecule has 0 saturated carbocycles. The summed E-state index contributed by atoms with van der Waals surface area (Å²) in [6.07, 6.45) is 0. The Bertz CT molecular complexity index is 547. The van der Waals surface area contributed by atoms with Gasteiger partial charge in [-0.2, -0.15) is 0 Å². The highest BCUT2D eigenvalue weighted by atomic mass is 35.5. The molecule has 0 radical (unpaired) electrons. The van der Waals surface area contributed by atoms with Gasteiger partial charge in [-0.3, -0.25) is 10.6 Å². The van der Waals surface area contributed by atoms with E-state index in [-0.39, 0.29) is 10.5 Å². The first-order chi connectivity index (χ1) is 8.06. The van der Waals surface area contributed by atoms with Gasteiger partial charge < -0.3 is 0 Å². The molecule has 0 unspecified atom stereocenters. The van der Waals surface area contributed by atoms with Crippen molar-refractivity contribution in [2.75, 3.05) is 0 Å². The molecule has 0 amide bonds. The largest absolute Gasteiger partial charge is 0.276 e. The molecule has 1 aromatic carbocycles. The number of hydrazine groups is 1. The summed E-state index contributed by atoms with van der Waals surface area (Å²) in [4.78, 5) is 10.9. The Morgan fingerprint density at radius 2 is 1.67 bits per heavy atom. The van der Waals surface area contributed by atoms with Crippen LogP contribution >= 0.6 is 11.6 Å². The Hall–Kier alpha value is -0.950. The van der Waals surface area contributed by atoms with Gasteiger partial charge in [-0.05, 0) is 56.6 Å². The van der Waals surface area contributed by atoms with Crippen molar-refractivity contribution < 1.29 is 13.2 Å². The highest BCUT2D eigenvalue weighted by molar-refractivity contribution is 7.89. The molecule has 0 saturated heterocycles. The summed E-state index contributed by atoms with van der Waals surface area (Å²) < 4.78 is 25.1. The molecule has 0 aliphatic heterocycles. The fourth-order valence-corrected chi connectivity index (χ4v) is 2.79. The zero-order valence-corrected chi connectivity index (χ0v) is 11.9. The molecular weight excluding hydrogens is 276 g/mol. The summed E-state index contributed by atoms with van der Waals surface area (Å²) in [6, 6.07) is 5.30. The SMILES string of the molecule is CC(C)(C)N(N)S(=O)(=O)c1ccc(C(=O)Cl)cc1. The Morgan fingerprint density at radius 1 is 1.22 bits per heavy atom. The quantitative estimate of drug-likeness (QED) is 0.522. The predicted molar refractivity (Wildman–Crippen MR) is 69.6 cm³/mol. The normalized spacial score (nSPS) is 12.8. The van der Waals surface area contributed by atoms with Crippen LogP contribution in [0.3, 0.4) is 0 Å². The maximum Gasteiger partial charge on any atom is 0.256 e. The second-order valence-corrected chi connectivity index (χ2v) is 6.93. The third kappa shape index (κ3) is 3.08. The molecule has 1 aromatic rings. The van der Waals surface area contributed by atoms with Gasteiger partial charge in [0, 0.05) is 11.1 Å². The minimum absolute atomic E-state index is 0.0154. The number of rotatable bonds is 3. The summed E-state index contributed by atoms with van der Waals surface area (Å²) in [5.74, 6) is 5.61. The number of nitrogens with zero attached hydrogens (tertiary/aromatic N) is 1. The van der Waals surface area contributed by atoms with Crippen LogP contribution in [0.2, 0.25) is 0 Å². The van der Waals surface area contributed by atoms with E-state index in [0.29, 0.717) is 0 Å². The van der Waals surface area contributed by atoms with Gasteiger partial charge in [-0.15, -0.1) is 4.41 Å². The van der Waals surface area contributed by atoms with Gasteiger partial charge in [-0.1, -0.05) is 0 Å². The van der Waals surface area contributed by atoms with Gasteiger partial charge in [0.05, 0.1) is 4.90 Å². The minimum Gasteiger partial charge on any atom is -0.276 e. The van der Waals surface area contributed by atoms with Crippen molar-refractivity contribution >= 4 is 26.9 Å². The Morgan fingerprint density at radius 3 is 2.00 bits per heavy atom. The molecule has 0 aliphatic carbocycles. The fraction of sp³-hybridized carbons (Fsp3) is 0.364. The monoisotopic (exact) mass is 290 g/mol. The van der Waals surface area contributed by atoms with Crippen molar-refractivity contribution in [2.24, 2.45) is 5.84 Å². The van der Waals surface area contributed by atoms with E-state index in [4.69, 9.17) is 17.4 Å². The first-order valence-corrected chi connectivity index (χ1v) is 6.98. The number of hydrogen-bond acceptors (Lipinski definition) is 4. The number of benzene rings is 1. The lowest BCUT2D eigenvalue weighted by Gasteiger charge is -2.29. The summed E-state index contributed by atoms with van der Waals surface area (Å²) in [6.45, 7) is 5.05. The van der Waals surface area contributed by atoms with E-state index < -0.39 is 20.8 Å². The van der Waals surface area contributed by atoms with Crippen LogP contribution in [0.1, 0.15) is 31.1 Å². The van der Waals surface area contributed by atoms with Crippen molar-refractivity contribution in [3.05, 3.63) is 29.8 Å². The average Bonchev–Trinajstić information content (AvgIpc) is 2.27. The van der Waals surface area contributed by atoms with Crippen LogP contribution in [0.4, 0.5) is 0 Å². The minimum atomic E-state index is -3.78. The van der Waals surface area contributed by atoms with Crippen LogP contribution in [-0.4, -0.2) is 23.6 Å². The molecular formula is C11H15ClN2O3S. The molecule has 0 bridgehead atoms. The summed E-state index contributed by atoms with van der Waals surface area (Å²) >= 11 is 5.28. The van der Waals surface area contributed by atoms with E-state index in [1.54, 1.807) is 20.8 Å². The topological polar surface area (TPSA) is 80.5 Å². The van der Waals surface area contributed by atoms with Crippen LogP contribution in [0.15, 0.2) is 29.2 Å². The summed E-state index contributed by atoms with van der Waals surface area (Å²) in [5.41, 5.74) is -0.505. The molecule has 1 rings (SSSR count). The zero-order valence-electron chi connectivity index (χ0n) is 10.3. The van der Waals surface area contributed by atoms with Gasteiger partial charge in [0.1, 0.15) is 0 Å². The molecule has 100 valence electrons. The molecule has 7 heteroatoms. The smallest absolute Gasteiger partial charge is 0.256 e. The fourth-order valence-electron chi connectivity index (χ4n) is 1.23. The number of hydrogen-bond donors (Lipinski definition) is 1. The molecule has 0 fully saturated rings. The lowest BCUT2D eigenvalue weighted by atomic mass is 10.1. The molecule has 0 aliphatic rings. The van der Waals surface area contributed by atoms with Gasteiger partial charge in [0.25, 0.3) is 15.3 Å². The standard InChI is InChI=1S/C11H15ClN2O3S/c1-11(2,3)14(13)18(16,17)9-6-4-8(5-7-9)10(12)15/h4-7H,13H2,1-3H3. The number of carbonyl (C=O) groups is 1. The summed E-state index contributed by atoms with van der Waals surface area (Å²) in [7, 11) is -3.78. The Balaban J connectivity index is 3.18. The van der Waals surface area contributed by atoms with Crippen molar-refractivity contribution in [1.29, 1.82) is 0 Å². The molecule has 5 nitrogen and oxygen atoms in total. The zero-order chi connectivity index (χ0) is 14.1. The second-order valence-electron chi connectivity index (χ2n) is 4.77. The lowest BCUT2D eigenvalue weighted by molar-refractivity contribution is 0.108. The van der Waals surface area contributed by atoms with E-state index in [2.05, 4.69) is 0 Å². The average molecular weight is 291 g/mol. The van der Waals surface area contributed by atoms with Crippen molar-refractivity contribution in [1.82, 2.24) is 4.41 Å². The molecule has 0 aromatic heterocycles. The van der Waals surface area contributed by atoms with Crippen molar-refractivity contribution in [2.45, 2.75) is 31.2 Å².